The monoisotopic (exact) mass is 284 g/mol. The molecule has 106 valence electrons. The molecule has 1 nitrogen and oxygen atoms in total. The van der Waals surface area contributed by atoms with Gasteiger partial charge in [0, 0.05) is 0 Å². The van der Waals surface area contributed by atoms with Gasteiger partial charge < -0.3 is 4.43 Å². The number of rotatable bonds is 3. The molecule has 0 fully saturated rings. The normalized spacial score (nSPS) is 16.3. The molecule has 0 N–H and O–H groups in total. The van der Waals surface area contributed by atoms with Gasteiger partial charge in [0.15, 0.2) is 8.32 Å². The number of hydrogen-bond acceptors (Lipinski definition) is 1. The van der Waals surface area contributed by atoms with E-state index < -0.39 is 16.4 Å². The van der Waals surface area contributed by atoms with Gasteiger partial charge in [-0.15, -0.1) is 6.42 Å². The van der Waals surface area contributed by atoms with Gasteiger partial charge in [0.25, 0.3) is 0 Å². The van der Waals surface area contributed by atoms with Crippen molar-refractivity contribution in [3.63, 3.8) is 0 Å². The highest BCUT2D eigenvalue weighted by Crippen LogP contribution is 2.43. The van der Waals surface area contributed by atoms with E-state index in [2.05, 4.69) is 73.7 Å². The van der Waals surface area contributed by atoms with E-state index in [9.17, 15) is 0 Å². The first kappa shape index (κ1) is 18.0. The number of terminal acetylenes is 1. The van der Waals surface area contributed by atoms with Gasteiger partial charge in [-0.1, -0.05) is 60.6 Å². The zero-order valence-corrected chi connectivity index (χ0v) is 16.1. The van der Waals surface area contributed by atoms with E-state index in [4.69, 9.17) is 10.8 Å². The Hall–Kier alpha value is -0.0462. The molecule has 0 saturated heterocycles. The molecule has 0 heterocycles. The Kier molecular flexibility index (Phi) is 5.13. The van der Waals surface area contributed by atoms with Gasteiger partial charge in [-0.05, 0) is 23.2 Å². The quantitative estimate of drug-likeness (QED) is 0.520. The van der Waals surface area contributed by atoms with Crippen molar-refractivity contribution in [2.45, 2.75) is 83.5 Å². The van der Waals surface area contributed by atoms with E-state index in [1.165, 1.54) is 0 Å². The summed E-state index contributed by atoms with van der Waals surface area (Å²) in [6.07, 6.45) is 5.79. The summed E-state index contributed by atoms with van der Waals surface area (Å²) in [5.74, 6) is 2.95. The molecule has 0 bridgehead atoms. The van der Waals surface area contributed by atoms with Crippen LogP contribution >= 0.6 is 0 Å². The zero-order valence-electron chi connectivity index (χ0n) is 14.1. The lowest BCUT2D eigenvalue weighted by Crippen LogP contribution is -2.55. The maximum absolute atomic E-state index is 6.51. The molecule has 0 rings (SSSR count). The first-order valence-corrected chi connectivity index (χ1v) is 12.8. The standard InChI is InChI=1S/C15H32OSi2/c1-12-13(17(8,9)14(2,3)4)16-18(10,11)15(5,6)7/h1,13H,2-11H3. The van der Waals surface area contributed by atoms with Crippen LogP contribution in [0, 0.1) is 12.3 Å². The van der Waals surface area contributed by atoms with Crippen molar-refractivity contribution in [1.82, 2.24) is 0 Å². The summed E-state index contributed by atoms with van der Waals surface area (Å²) in [6, 6.07) is 0. The van der Waals surface area contributed by atoms with Crippen molar-refractivity contribution in [3.05, 3.63) is 0 Å². The summed E-state index contributed by atoms with van der Waals surface area (Å²) in [6.45, 7) is 22.9. The lowest BCUT2D eigenvalue weighted by Gasteiger charge is -2.46. The topological polar surface area (TPSA) is 9.23 Å². The molecular formula is C15H32OSi2. The summed E-state index contributed by atoms with van der Waals surface area (Å²) in [5.41, 5.74) is 0.0124. The maximum atomic E-state index is 6.51. The predicted octanol–water partition coefficient (Wildman–Crippen LogP) is 5.06. The molecule has 0 aromatic rings. The van der Waals surface area contributed by atoms with Crippen LogP contribution < -0.4 is 0 Å². The van der Waals surface area contributed by atoms with E-state index in [1.54, 1.807) is 0 Å². The third kappa shape index (κ3) is 3.72. The van der Waals surface area contributed by atoms with Gasteiger partial charge in [0.2, 0.25) is 0 Å². The van der Waals surface area contributed by atoms with Crippen LogP contribution in [-0.2, 0) is 4.43 Å². The van der Waals surface area contributed by atoms with Crippen LogP contribution in [0.2, 0.25) is 36.3 Å². The highest BCUT2D eigenvalue weighted by Gasteiger charge is 2.47. The van der Waals surface area contributed by atoms with Gasteiger partial charge >= 0.3 is 0 Å². The molecule has 1 unspecified atom stereocenters. The van der Waals surface area contributed by atoms with Crippen LogP contribution in [0.5, 0.6) is 0 Å². The highest BCUT2D eigenvalue weighted by molar-refractivity contribution is 6.83. The first-order chi connectivity index (χ1) is 7.67. The summed E-state index contributed by atoms with van der Waals surface area (Å²) in [7, 11) is -3.43. The van der Waals surface area contributed by atoms with E-state index in [-0.39, 0.29) is 15.8 Å². The lowest BCUT2D eigenvalue weighted by atomic mass is 10.2. The Labute approximate surface area is 117 Å². The molecule has 0 aliphatic heterocycles. The molecule has 0 spiro atoms. The minimum Gasteiger partial charge on any atom is -0.406 e. The maximum Gasteiger partial charge on any atom is 0.193 e. The van der Waals surface area contributed by atoms with Crippen LogP contribution in [0.25, 0.3) is 0 Å². The van der Waals surface area contributed by atoms with E-state index >= 15 is 0 Å². The van der Waals surface area contributed by atoms with Gasteiger partial charge in [-0.2, -0.15) is 0 Å². The van der Waals surface area contributed by atoms with Crippen molar-refractivity contribution in [3.8, 4) is 12.3 Å². The first-order valence-electron chi connectivity index (χ1n) is 6.81. The zero-order chi connectivity index (χ0) is 15.0. The highest BCUT2D eigenvalue weighted by atomic mass is 28.4. The Balaban J connectivity index is 5.25. The van der Waals surface area contributed by atoms with Gasteiger partial charge in [-0.25, -0.2) is 0 Å². The molecule has 3 heteroatoms. The summed E-state index contributed by atoms with van der Waals surface area (Å²) in [4.78, 5) is 0. The van der Waals surface area contributed by atoms with Gasteiger partial charge in [0.1, 0.15) is 8.07 Å². The fraction of sp³-hybridized carbons (Fsp3) is 0.867. The van der Waals surface area contributed by atoms with Gasteiger partial charge in [-0.3, -0.25) is 0 Å². The van der Waals surface area contributed by atoms with Crippen molar-refractivity contribution in [1.29, 1.82) is 0 Å². The third-order valence-electron chi connectivity index (χ3n) is 4.96. The molecule has 0 amide bonds. The fourth-order valence-electron chi connectivity index (χ4n) is 1.25. The minimum atomic E-state index is -1.79. The molecular weight excluding hydrogens is 252 g/mol. The average Bonchev–Trinajstić information content (AvgIpc) is 2.10. The molecule has 0 aromatic carbocycles. The van der Waals surface area contributed by atoms with Crippen molar-refractivity contribution in [2.24, 2.45) is 0 Å². The Morgan fingerprint density at radius 3 is 1.50 bits per heavy atom. The second-order valence-electron chi connectivity index (χ2n) is 8.40. The van der Waals surface area contributed by atoms with Crippen molar-refractivity contribution < 1.29 is 4.43 Å². The summed E-state index contributed by atoms with van der Waals surface area (Å²) in [5, 5.41) is 0.469. The second kappa shape index (κ2) is 5.15. The van der Waals surface area contributed by atoms with E-state index in [1.807, 2.05) is 0 Å². The summed E-state index contributed by atoms with van der Waals surface area (Å²) < 4.78 is 6.51. The molecule has 0 radical (unpaired) electrons. The van der Waals surface area contributed by atoms with Crippen LogP contribution in [0.3, 0.4) is 0 Å². The van der Waals surface area contributed by atoms with Crippen LogP contribution in [0.1, 0.15) is 41.5 Å². The Bertz CT molecular complexity index is 324. The van der Waals surface area contributed by atoms with Gasteiger partial charge in [0.05, 0.1) is 5.73 Å². The van der Waals surface area contributed by atoms with E-state index in [0.717, 1.165) is 0 Å². The SMILES string of the molecule is C#CC(O[Si](C)(C)C(C)(C)C)[Si](C)(C)C(C)(C)C. The molecule has 0 aliphatic rings. The van der Waals surface area contributed by atoms with Crippen molar-refractivity contribution in [2.75, 3.05) is 0 Å². The number of hydrogen-bond donors (Lipinski definition) is 0. The van der Waals surface area contributed by atoms with E-state index in [0.29, 0.717) is 0 Å². The fourth-order valence-corrected chi connectivity index (χ4v) is 5.53. The molecule has 1 atom stereocenters. The third-order valence-corrected chi connectivity index (χ3v) is 15.1. The molecule has 0 saturated carbocycles. The Morgan fingerprint density at radius 2 is 1.28 bits per heavy atom. The summed E-state index contributed by atoms with van der Waals surface area (Å²) >= 11 is 0. The smallest absolute Gasteiger partial charge is 0.193 e. The average molecular weight is 285 g/mol. The van der Waals surface area contributed by atoms with Crippen LogP contribution in [-0.4, -0.2) is 22.1 Å². The predicted molar refractivity (Wildman–Crippen MR) is 88.1 cm³/mol. The minimum absolute atomic E-state index is 0.0124. The lowest BCUT2D eigenvalue weighted by molar-refractivity contribution is 0.286. The molecule has 0 aliphatic carbocycles. The second-order valence-corrected chi connectivity index (χ2v) is 18.6. The van der Waals surface area contributed by atoms with Crippen LogP contribution in [0.15, 0.2) is 0 Å². The van der Waals surface area contributed by atoms with Crippen LogP contribution in [0.4, 0.5) is 0 Å². The largest absolute Gasteiger partial charge is 0.406 e. The molecule has 18 heavy (non-hydrogen) atoms. The molecule has 0 aromatic heterocycles. The van der Waals surface area contributed by atoms with Crippen molar-refractivity contribution >= 4 is 16.4 Å². The Morgan fingerprint density at radius 1 is 0.889 bits per heavy atom.